The predicted octanol–water partition coefficient (Wildman–Crippen LogP) is 2.10. The van der Waals surface area contributed by atoms with Crippen LogP contribution in [0.15, 0.2) is 0 Å². The van der Waals surface area contributed by atoms with Crippen molar-refractivity contribution in [3.8, 4) is 0 Å². The third-order valence-electron chi connectivity index (χ3n) is 3.39. The van der Waals surface area contributed by atoms with Gasteiger partial charge in [-0.2, -0.15) is 0 Å². The van der Waals surface area contributed by atoms with E-state index in [2.05, 4.69) is 44.8 Å². The monoisotopic (exact) mass is 198 g/mol. The standard InChI is InChI=1S/C12H26N2/c1-6-10-9-14(7-2)11(8-13-10)12(3,4)5/h10-11,13H,6-9H2,1-5H3. The molecule has 2 heteroatoms. The Bertz CT molecular complexity index is 172. The highest BCUT2D eigenvalue weighted by Gasteiger charge is 2.33. The molecule has 2 atom stereocenters. The van der Waals surface area contributed by atoms with Gasteiger partial charge in [0, 0.05) is 25.2 Å². The molecule has 0 aromatic carbocycles. The number of rotatable bonds is 2. The Morgan fingerprint density at radius 3 is 2.36 bits per heavy atom. The molecule has 1 aliphatic heterocycles. The number of likely N-dealkylation sites (N-methyl/N-ethyl adjacent to an activating group) is 1. The van der Waals surface area contributed by atoms with Crippen molar-refractivity contribution < 1.29 is 0 Å². The van der Waals surface area contributed by atoms with Gasteiger partial charge < -0.3 is 5.32 Å². The maximum absolute atomic E-state index is 3.65. The Hall–Kier alpha value is -0.0800. The van der Waals surface area contributed by atoms with Gasteiger partial charge in [0.2, 0.25) is 0 Å². The molecule has 0 bridgehead atoms. The quantitative estimate of drug-likeness (QED) is 0.731. The summed E-state index contributed by atoms with van der Waals surface area (Å²) in [7, 11) is 0. The van der Waals surface area contributed by atoms with Crippen molar-refractivity contribution in [2.75, 3.05) is 19.6 Å². The van der Waals surface area contributed by atoms with E-state index < -0.39 is 0 Å². The third kappa shape index (κ3) is 2.71. The zero-order valence-electron chi connectivity index (χ0n) is 10.4. The van der Waals surface area contributed by atoms with Gasteiger partial charge >= 0.3 is 0 Å². The van der Waals surface area contributed by atoms with Gasteiger partial charge in [-0.15, -0.1) is 0 Å². The summed E-state index contributed by atoms with van der Waals surface area (Å²) in [6, 6.07) is 1.39. The largest absolute Gasteiger partial charge is 0.311 e. The average Bonchev–Trinajstić information content (AvgIpc) is 2.15. The van der Waals surface area contributed by atoms with Crippen LogP contribution in [-0.4, -0.2) is 36.6 Å². The summed E-state index contributed by atoms with van der Waals surface area (Å²) in [5.74, 6) is 0. The summed E-state index contributed by atoms with van der Waals surface area (Å²) in [6.45, 7) is 15.1. The van der Waals surface area contributed by atoms with Gasteiger partial charge in [0.1, 0.15) is 0 Å². The molecular formula is C12H26N2. The van der Waals surface area contributed by atoms with Crippen molar-refractivity contribution in [2.45, 2.75) is 53.1 Å². The lowest BCUT2D eigenvalue weighted by Gasteiger charge is -2.46. The molecule has 84 valence electrons. The van der Waals surface area contributed by atoms with E-state index in [1.165, 1.54) is 19.5 Å². The summed E-state index contributed by atoms with van der Waals surface area (Å²) in [5, 5.41) is 3.65. The number of nitrogens with zero attached hydrogens (tertiary/aromatic N) is 1. The van der Waals surface area contributed by atoms with Crippen LogP contribution in [0.5, 0.6) is 0 Å². The van der Waals surface area contributed by atoms with Gasteiger partial charge in [0.15, 0.2) is 0 Å². The van der Waals surface area contributed by atoms with Crippen LogP contribution in [0, 0.1) is 5.41 Å². The second kappa shape index (κ2) is 4.63. The first-order chi connectivity index (χ1) is 6.49. The normalized spacial score (nSPS) is 30.6. The topological polar surface area (TPSA) is 15.3 Å². The molecule has 1 fully saturated rings. The molecule has 0 radical (unpaired) electrons. The van der Waals surface area contributed by atoms with Gasteiger partial charge in [0.05, 0.1) is 0 Å². The van der Waals surface area contributed by atoms with E-state index in [9.17, 15) is 0 Å². The molecule has 1 rings (SSSR count). The Kier molecular flexibility index (Phi) is 3.96. The van der Waals surface area contributed by atoms with Gasteiger partial charge in [-0.25, -0.2) is 0 Å². The van der Waals surface area contributed by atoms with E-state index in [1.807, 2.05) is 0 Å². The van der Waals surface area contributed by atoms with Crippen LogP contribution < -0.4 is 5.32 Å². The minimum atomic E-state index is 0.391. The molecule has 2 nitrogen and oxygen atoms in total. The van der Waals surface area contributed by atoms with Crippen molar-refractivity contribution in [3.05, 3.63) is 0 Å². The number of hydrogen-bond acceptors (Lipinski definition) is 2. The van der Waals surface area contributed by atoms with Crippen LogP contribution >= 0.6 is 0 Å². The molecule has 0 aliphatic carbocycles. The Morgan fingerprint density at radius 1 is 1.29 bits per heavy atom. The molecule has 0 saturated carbocycles. The Labute approximate surface area is 89.1 Å². The van der Waals surface area contributed by atoms with Crippen LogP contribution in [0.1, 0.15) is 41.0 Å². The molecule has 1 aliphatic rings. The van der Waals surface area contributed by atoms with E-state index >= 15 is 0 Å². The summed E-state index contributed by atoms with van der Waals surface area (Å²) >= 11 is 0. The number of nitrogens with one attached hydrogen (secondary N) is 1. The maximum Gasteiger partial charge on any atom is 0.0269 e. The molecule has 0 spiro atoms. The fourth-order valence-electron chi connectivity index (χ4n) is 2.36. The summed E-state index contributed by atoms with van der Waals surface area (Å²) in [4.78, 5) is 2.63. The van der Waals surface area contributed by atoms with E-state index in [0.29, 0.717) is 17.5 Å². The first-order valence-electron chi connectivity index (χ1n) is 5.96. The van der Waals surface area contributed by atoms with Crippen LogP contribution in [0.4, 0.5) is 0 Å². The van der Waals surface area contributed by atoms with Crippen molar-refractivity contribution in [3.63, 3.8) is 0 Å². The van der Waals surface area contributed by atoms with Crippen molar-refractivity contribution in [2.24, 2.45) is 5.41 Å². The number of piperazine rings is 1. The SMILES string of the molecule is CCC1CN(CC)C(C(C)(C)C)CN1. The molecule has 0 aromatic heterocycles. The molecule has 0 aromatic rings. The summed E-state index contributed by atoms with van der Waals surface area (Å²) in [6.07, 6.45) is 1.24. The highest BCUT2D eigenvalue weighted by atomic mass is 15.2. The van der Waals surface area contributed by atoms with Crippen LogP contribution in [-0.2, 0) is 0 Å². The van der Waals surface area contributed by atoms with Gasteiger partial charge in [-0.1, -0.05) is 34.6 Å². The highest BCUT2D eigenvalue weighted by Crippen LogP contribution is 2.26. The van der Waals surface area contributed by atoms with E-state index in [-0.39, 0.29) is 0 Å². The number of hydrogen-bond donors (Lipinski definition) is 1. The van der Waals surface area contributed by atoms with Gasteiger partial charge in [-0.3, -0.25) is 4.90 Å². The Balaban J connectivity index is 2.61. The lowest BCUT2D eigenvalue weighted by Crippen LogP contribution is -2.60. The molecule has 1 heterocycles. The van der Waals surface area contributed by atoms with Crippen LogP contribution in [0.2, 0.25) is 0 Å². The van der Waals surface area contributed by atoms with Crippen molar-refractivity contribution in [1.82, 2.24) is 10.2 Å². The fraction of sp³-hybridized carbons (Fsp3) is 1.00. The second-order valence-corrected chi connectivity index (χ2v) is 5.48. The second-order valence-electron chi connectivity index (χ2n) is 5.48. The highest BCUT2D eigenvalue weighted by molar-refractivity contribution is 4.91. The van der Waals surface area contributed by atoms with Gasteiger partial charge in [0.25, 0.3) is 0 Å². The van der Waals surface area contributed by atoms with Crippen molar-refractivity contribution in [1.29, 1.82) is 0 Å². The predicted molar refractivity (Wildman–Crippen MR) is 62.6 cm³/mol. The lowest BCUT2D eigenvalue weighted by atomic mass is 9.84. The first kappa shape index (κ1) is 12.0. The van der Waals surface area contributed by atoms with E-state index in [0.717, 1.165) is 6.54 Å². The van der Waals surface area contributed by atoms with Crippen molar-refractivity contribution >= 4 is 0 Å². The third-order valence-corrected chi connectivity index (χ3v) is 3.39. The molecule has 1 N–H and O–H groups in total. The van der Waals surface area contributed by atoms with E-state index in [4.69, 9.17) is 0 Å². The molecule has 1 saturated heterocycles. The van der Waals surface area contributed by atoms with Crippen LogP contribution in [0.3, 0.4) is 0 Å². The molecular weight excluding hydrogens is 172 g/mol. The average molecular weight is 198 g/mol. The smallest absolute Gasteiger partial charge is 0.0269 e. The van der Waals surface area contributed by atoms with E-state index in [1.54, 1.807) is 0 Å². The zero-order valence-corrected chi connectivity index (χ0v) is 10.4. The van der Waals surface area contributed by atoms with Gasteiger partial charge in [-0.05, 0) is 18.4 Å². The zero-order chi connectivity index (χ0) is 10.8. The maximum atomic E-state index is 3.65. The summed E-state index contributed by atoms with van der Waals surface area (Å²) < 4.78 is 0. The summed E-state index contributed by atoms with van der Waals surface area (Å²) in [5.41, 5.74) is 0.391. The lowest BCUT2D eigenvalue weighted by molar-refractivity contribution is 0.0596. The Morgan fingerprint density at radius 2 is 1.93 bits per heavy atom. The van der Waals surface area contributed by atoms with Crippen LogP contribution in [0.25, 0.3) is 0 Å². The first-order valence-corrected chi connectivity index (χ1v) is 5.96. The molecule has 0 amide bonds. The fourth-order valence-corrected chi connectivity index (χ4v) is 2.36. The minimum absolute atomic E-state index is 0.391. The minimum Gasteiger partial charge on any atom is -0.311 e. The molecule has 2 unspecified atom stereocenters. The molecule has 14 heavy (non-hydrogen) atoms.